The topological polar surface area (TPSA) is 82.5 Å². The Hall–Kier alpha value is -3.29. The van der Waals surface area contributed by atoms with Gasteiger partial charge in [0.05, 0.1) is 17.6 Å². The van der Waals surface area contributed by atoms with Crippen LogP contribution in [0.5, 0.6) is 0 Å². The first-order valence-corrected chi connectivity index (χ1v) is 9.69. The predicted molar refractivity (Wildman–Crippen MR) is 111 cm³/mol. The molecule has 4 rings (SSSR count). The van der Waals surface area contributed by atoms with Crippen molar-refractivity contribution < 1.29 is 9.18 Å². The minimum Gasteiger partial charge on any atom is -0.382 e. The van der Waals surface area contributed by atoms with Crippen LogP contribution in [0.3, 0.4) is 0 Å². The summed E-state index contributed by atoms with van der Waals surface area (Å²) in [6.45, 7) is 5.29. The highest BCUT2D eigenvalue weighted by atomic mass is 19.1. The van der Waals surface area contributed by atoms with Gasteiger partial charge in [-0.15, -0.1) is 0 Å². The Labute approximate surface area is 168 Å². The van der Waals surface area contributed by atoms with Crippen LogP contribution in [-0.2, 0) is 0 Å². The number of nitrogens with one attached hydrogen (secondary N) is 2. The second-order valence-electron chi connectivity index (χ2n) is 7.28. The van der Waals surface area contributed by atoms with Gasteiger partial charge in [0, 0.05) is 37.0 Å². The van der Waals surface area contributed by atoms with E-state index in [-0.39, 0.29) is 6.03 Å². The summed E-state index contributed by atoms with van der Waals surface area (Å²) in [5.41, 5.74) is 3.98. The molecular formula is C21H23FN6O. The zero-order chi connectivity index (χ0) is 20.4. The van der Waals surface area contributed by atoms with Crippen LogP contribution in [0.25, 0.3) is 11.3 Å². The van der Waals surface area contributed by atoms with Gasteiger partial charge in [-0.2, -0.15) is 0 Å². The number of amides is 2. The molecule has 2 aromatic rings. The van der Waals surface area contributed by atoms with Gasteiger partial charge in [-0.25, -0.2) is 19.2 Å². The molecule has 29 heavy (non-hydrogen) atoms. The number of nitrogens with zero attached hydrogens (tertiary/aromatic N) is 4. The maximum absolute atomic E-state index is 13.6. The fourth-order valence-electron chi connectivity index (χ4n) is 3.41. The Kier molecular flexibility index (Phi) is 5.24. The molecule has 4 heterocycles. The molecule has 0 atom stereocenters. The lowest BCUT2D eigenvalue weighted by Crippen LogP contribution is -2.44. The van der Waals surface area contributed by atoms with Gasteiger partial charge in [-0.3, -0.25) is 15.2 Å². The molecular weight excluding hydrogens is 371 g/mol. The van der Waals surface area contributed by atoms with E-state index in [1.54, 1.807) is 17.2 Å². The van der Waals surface area contributed by atoms with E-state index >= 15 is 0 Å². The number of anilines is 2. The van der Waals surface area contributed by atoms with Gasteiger partial charge in [0.25, 0.3) is 0 Å². The molecule has 0 radical (unpaired) electrons. The number of rotatable bonds is 1. The summed E-state index contributed by atoms with van der Waals surface area (Å²) in [6, 6.07) is 4.79. The third-order valence-electron chi connectivity index (χ3n) is 5.10. The van der Waals surface area contributed by atoms with Crippen molar-refractivity contribution in [2.75, 3.05) is 23.3 Å². The number of allylic oxidation sites excluding steroid dienone is 1. The van der Waals surface area contributed by atoms with Crippen LogP contribution in [0.4, 0.5) is 20.7 Å². The molecule has 2 N–H and O–H groups in total. The molecule has 2 aromatic heterocycles. The van der Waals surface area contributed by atoms with Crippen LogP contribution < -0.4 is 15.5 Å². The Balaban J connectivity index is 1.66. The van der Waals surface area contributed by atoms with Crippen molar-refractivity contribution in [3.63, 3.8) is 0 Å². The summed E-state index contributed by atoms with van der Waals surface area (Å²) in [4.78, 5) is 27.7. The summed E-state index contributed by atoms with van der Waals surface area (Å²) < 4.78 is 13.6. The van der Waals surface area contributed by atoms with E-state index in [0.717, 1.165) is 42.5 Å². The van der Waals surface area contributed by atoms with Crippen molar-refractivity contribution >= 4 is 23.4 Å². The fraction of sp³-hybridized carbons (Fsp3) is 0.333. The first kappa shape index (κ1) is 19.0. The van der Waals surface area contributed by atoms with E-state index in [1.165, 1.54) is 6.07 Å². The van der Waals surface area contributed by atoms with Crippen LogP contribution in [0, 0.1) is 5.82 Å². The van der Waals surface area contributed by atoms with Gasteiger partial charge in [-0.05, 0) is 50.5 Å². The second kappa shape index (κ2) is 7.98. The molecule has 0 unspecified atom stereocenters. The van der Waals surface area contributed by atoms with Gasteiger partial charge < -0.3 is 5.32 Å². The van der Waals surface area contributed by atoms with Crippen LogP contribution in [0.15, 0.2) is 46.9 Å². The van der Waals surface area contributed by atoms with Crippen LogP contribution >= 0.6 is 0 Å². The number of carbonyl (C=O) groups is 1. The number of pyridine rings is 2. The average molecular weight is 394 g/mol. The summed E-state index contributed by atoms with van der Waals surface area (Å²) in [6.07, 6.45) is 5.14. The molecule has 0 saturated carbocycles. The smallest absolute Gasteiger partial charge is 0.328 e. The fourth-order valence-corrected chi connectivity index (χ4v) is 3.41. The lowest BCUT2D eigenvalue weighted by atomic mass is 10.1. The van der Waals surface area contributed by atoms with E-state index in [0.29, 0.717) is 35.9 Å². The Bertz CT molecular complexity index is 1020. The molecule has 0 bridgehead atoms. The number of aliphatic imine (C=N–C) groups is 1. The van der Waals surface area contributed by atoms with E-state index in [2.05, 4.69) is 25.6 Å². The Morgan fingerprint density at radius 1 is 1.24 bits per heavy atom. The monoisotopic (exact) mass is 394 g/mol. The van der Waals surface area contributed by atoms with Crippen molar-refractivity contribution in [1.82, 2.24) is 15.3 Å². The third-order valence-corrected chi connectivity index (χ3v) is 5.10. The van der Waals surface area contributed by atoms with Crippen LogP contribution in [0.2, 0.25) is 0 Å². The Morgan fingerprint density at radius 3 is 2.86 bits per heavy atom. The molecule has 2 aliphatic heterocycles. The molecule has 0 saturated heterocycles. The number of fused-ring (bicyclic) bond motifs is 1. The van der Waals surface area contributed by atoms with Crippen molar-refractivity contribution in [3.05, 3.63) is 47.7 Å². The maximum atomic E-state index is 13.6. The highest BCUT2D eigenvalue weighted by molar-refractivity contribution is 6.07. The minimum atomic E-state index is -0.429. The van der Waals surface area contributed by atoms with Crippen molar-refractivity contribution in [1.29, 1.82) is 0 Å². The summed E-state index contributed by atoms with van der Waals surface area (Å²) in [7, 11) is 0. The number of hydrogen-bond donors (Lipinski definition) is 2. The molecule has 0 aliphatic carbocycles. The largest absolute Gasteiger partial charge is 0.382 e. The molecule has 2 amide bonds. The molecule has 0 aromatic carbocycles. The van der Waals surface area contributed by atoms with E-state index in [9.17, 15) is 9.18 Å². The standard InChI is InChI=1S/C21H23FN6O/c1-13-9-19(25-14(13)2)27-21(29)28-8-4-3-7-24-18-6-5-17(26-20(18)28)15-10-16(22)12-23-11-15/h5-6,10-12,24H,3-4,7-9H2,1-2H3,(H,25,27,29). The number of halogens is 1. The number of urea groups is 1. The molecule has 150 valence electrons. The SMILES string of the molecule is CC1=C(C)N=C(NC(=O)N2CCCCNc3ccc(-c4cncc(F)c4)nc32)C1. The average Bonchev–Trinajstić information content (AvgIpc) is 2.99. The van der Waals surface area contributed by atoms with Crippen LogP contribution in [0.1, 0.15) is 33.1 Å². The molecule has 8 heteroatoms. The summed E-state index contributed by atoms with van der Waals surface area (Å²) >= 11 is 0. The van der Waals surface area contributed by atoms with Gasteiger partial charge in [-0.1, -0.05) is 0 Å². The minimum absolute atomic E-state index is 0.266. The lowest BCUT2D eigenvalue weighted by molar-refractivity contribution is 0.250. The second-order valence-corrected chi connectivity index (χ2v) is 7.28. The van der Waals surface area contributed by atoms with E-state index < -0.39 is 5.82 Å². The predicted octanol–water partition coefficient (Wildman–Crippen LogP) is 4.10. The normalized spacial score (nSPS) is 16.5. The summed E-state index contributed by atoms with van der Waals surface area (Å²) in [5, 5.41) is 6.26. The molecule has 2 aliphatic rings. The lowest BCUT2D eigenvalue weighted by Gasteiger charge is -2.27. The highest BCUT2D eigenvalue weighted by Crippen LogP contribution is 2.30. The first-order valence-electron chi connectivity index (χ1n) is 9.69. The molecule has 7 nitrogen and oxygen atoms in total. The van der Waals surface area contributed by atoms with Crippen molar-refractivity contribution in [2.45, 2.75) is 33.1 Å². The zero-order valence-electron chi connectivity index (χ0n) is 16.5. The molecule has 0 spiro atoms. The van der Waals surface area contributed by atoms with Crippen molar-refractivity contribution in [3.8, 4) is 11.3 Å². The van der Waals surface area contributed by atoms with Gasteiger partial charge in [0.15, 0.2) is 5.82 Å². The van der Waals surface area contributed by atoms with Gasteiger partial charge in [0.1, 0.15) is 11.7 Å². The van der Waals surface area contributed by atoms with Crippen molar-refractivity contribution in [2.24, 2.45) is 4.99 Å². The third kappa shape index (κ3) is 4.11. The van der Waals surface area contributed by atoms with Crippen LogP contribution in [-0.4, -0.2) is 34.9 Å². The number of aromatic nitrogens is 2. The Morgan fingerprint density at radius 2 is 2.10 bits per heavy atom. The maximum Gasteiger partial charge on any atom is 0.328 e. The number of amidine groups is 1. The molecule has 0 fully saturated rings. The van der Waals surface area contributed by atoms with E-state index in [4.69, 9.17) is 0 Å². The number of hydrogen-bond acceptors (Lipinski definition) is 5. The summed E-state index contributed by atoms with van der Waals surface area (Å²) in [5.74, 6) is 0.734. The van der Waals surface area contributed by atoms with Gasteiger partial charge in [0.2, 0.25) is 0 Å². The first-order chi connectivity index (χ1) is 14.0. The number of carbonyl (C=O) groups excluding carboxylic acids is 1. The van der Waals surface area contributed by atoms with Gasteiger partial charge >= 0.3 is 6.03 Å². The van der Waals surface area contributed by atoms with E-state index in [1.807, 2.05) is 19.9 Å². The highest BCUT2D eigenvalue weighted by Gasteiger charge is 2.24. The zero-order valence-corrected chi connectivity index (χ0v) is 16.5. The quantitative estimate of drug-likeness (QED) is 0.763.